The first-order valence-corrected chi connectivity index (χ1v) is 4.78. The summed E-state index contributed by atoms with van der Waals surface area (Å²) in [5, 5.41) is 8.86. The van der Waals surface area contributed by atoms with Crippen LogP contribution in [0.25, 0.3) is 0 Å². The van der Waals surface area contributed by atoms with Crippen molar-refractivity contribution < 1.29 is 9.90 Å². The van der Waals surface area contributed by atoms with Crippen LogP contribution in [0.5, 0.6) is 0 Å². The van der Waals surface area contributed by atoms with E-state index in [0.29, 0.717) is 5.69 Å². The Morgan fingerprint density at radius 1 is 1.50 bits per heavy atom. The molecule has 0 saturated carbocycles. The minimum Gasteiger partial charge on any atom is -0.477 e. The van der Waals surface area contributed by atoms with Crippen LogP contribution in [0.4, 0.5) is 0 Å². The first-order valence-electron chi connectivity index (χ1n) is 4.78. The third kappa shape index (κ3) is 2.91. The fourth-order valence-electron chi connectivity index (χ4n) is 1.26. The van der Waals surface area contributed by atoms with Gasteiger partial charge in [-0.25, -0.2) is 4.79 Å². The van der Waals surface area contributed by atoms with Gasteiger partial charge in [0.2, 0.25) is 0 Å². The molecule has 1 aromatic heterocycles. The molecule has 0 aliphatic carbocycles. The van der Waals surface area contributed by atoms with Crippen LogP contribution in [0, 0.1) is 5.41 Å². The van der Waals surface area contributed by atoms with E-state index in [0.717, 1.165) is 13.0 Å². The van der Waals surface area contributed by atoms with Gasteiger partial charge in [-0.3, -0.25) is 0 Å². The van der Waals surface area contributed by atoms with E-state index in [9.17, 15) is 4.79 Å². The summed E-state index contributed by atoms with van der Waals surface area (Å²) >= 11 is 0. The lowest BCUT2D eigenvalue weighted by Crippen LogP contribution is -2.13. The van der Waals surface area contributed by atoms with E-state index in [-0.39, 0.29) is 5.41 Å². The van der Waals surface area contributed by atoms with Gasteiger partial charge in [-0.15, -0.1) is 0 Å². The molecule has 0 fully saturated rings. The molecular weight excluding hydrogens is 178 g/mol. The predicted molar refractivity (Wildman–Crippen MR) is 55.5 cm³/mol. The van der Waals surface area contributed by atoms with Gasteiger partial charge in [0.25, 0.3) is 0 Å². The van der Waals surface area contributed by atoms with Gasteiger partial charge in [-0.05, 0) is 24.0 Å². The SMILES string of the molecule is CC(C)(C)CCn1cccc1C(=O)O. The molecule has 14 heavy (non-hydrogen) atoms. The molecule has 3 heteroatoms. The zero-order valence-corrected chi connectivity index (χ0v) is 8.95. The summed E-state index contributed by atoms with van der Waals surface area (Å²) in [5.74, 6) is -0.857. The first-order chi connectivity index (χ1) is 6.40. The third-order valence-corrected chi connectivity index (χ3v) is 2.15. The number of hydrogen-bond donors (Lipinski definition) is 1. The van der Waals surface area contributed by atoms with Crippen LogP contribution in [-0.4, -0.2) is 15.6 Å². The molecule has 1 heterocycles. The molecule has 0 spiro atoms. The van der Waals surface area contributed by atoms with E-state index in [4.69, 9.17) is 5.11 Å². The van der Waals surface area contributed by atoms with Crippen molar-refractivity contribution in [1.82, 2.24) is 4.57 Å². The zero-order chi connectivity index (χ0) is 10.8. The number of aryl methyl sites for hydroxylation is 1. The van der Waals surface area contributed by atoms with E-state index in [1.54, 1.807) is 16.7 Å². The second-order valence-corrected chi connectivity index (χ2v) is 4.70. The molecule has 0 aliphatic heterocycles. The van der Waals surface area contributed by atoms with Gasteiger partial charge in [0, 0.05) is 12.7 Å². The summed E-state index contributed by atoms with van der Waals surface area (Å²) in [6.45, 7) is 7.21. The van der Waals surface area contributed by atoms with Gasteiger partial charge in [0.05, 0.1) is 0 Å². The van der Waals surface area contributed by atoms with Crippen molar-refractivity contribution in [2.75, 3.05) is 0 Å². The smallest absolute Gasteiger partial charge is 0.352 e. The van der Waals surface area contributed by atoms with Crippen molar-refractivity contribution in [3.63, 3.8) is 0 Å². The van der Waals surface area contributed by atoms with Crippen LogP contribution in [-0.2, 0) is 6.54 Å². The van der Waals surface area contributed by atoms with E-state index in [1.165, 1.54) is 0 Å². The highest BCUT2D eigenvalue weighted by Crippen LogP contribution is 2.20. The lowest BCUT2D eigenvalue weighted by atomic mass is 9.92. The number of aromatic carboxylic acids is 1. The first kappa shape index (κ1) is 10.8. The van der Waals surface area contributed by atoms with Crippen LogP contribution < -0.4 is 0 Å². The fraction of sp³-hybridized carbons (Fsp3) is 0.545. The maximum absolute atomic E-state index is 10.8. The maximum Gasteiger partial charge on any atom is 0.352 e. The third-order valence-electron chi connectivity index (χ3n) is 2.15. The fourth-order valence-corrected chi connectivity index (χ4v) is 1.26. The Kier molecular flexibility index (Phi) is 2.99. The zero-order valence-electron chi connectivity index (χ0n) is 8.95. The van der Waals surface area contributed by atoms with E-state index in [2.05, 4.69) is 20.8 Å². The molecule has 0 unspecified atom stereocenters. The number of carboxylic acids is 1. The van der Waals surface area contributed by atoms with Crippen LogP contribution in [0.15, 0.2) is 18.3 Å². The molecule has 1 rings (SSSR count). The van der Waals surface area contributed by atoms with Crippen LogP contribution in [0.2, 0.25) is 0 Å². The van der Waals surface area contributed by atoms with E-state index in [1.807, 2.05) is 6.20 Å². The largest absolute Gasteiger partial charge is 0.477 e. The van der Waals surface area contributed by atoms with Gasteiger partial charge < -0.3 is 9.67 Å². The Morgan fingerprint density at radius 2 is 2.14 bits per heavy atom. The minimum atomic E-state index is -0.857. The van der Waals surface area contributed by atoms with Gasteiger partial charge >= 0.3 is 5.97 Å². The summed E-state index contributed by atoms with van der Waals surface area (Å²) in [7, 11) is 0. The Balaban J connectivity index is 2.68. The van der Waals surface area contributed by atoms with Gasteiger partial charge in [-0.1, -0.05) is 20.8 Å². The normalized spacial score (nSPS) is 11.6. The molecule has 78 valence electrons. The van der Waals surface area contributed by atoms with Gasteiger partial charge in [-0.2, -0.15) is 0 Å². The van der Waals surface area contributed by atoms with E-state index < -0.39 is 5.97 Å². The molecule has 0 saturated heterocycles. The number of nitrogens with zero attached hydrogens (tertiary/aromatic N) is 1. The lowest BCUT2D eigenvalue weighted by Gasteiger charge is -2.18. The maximum atomic E-state index is 10.8. The Morgan fingerprint density at radius 3 is 2.64 bits per heavy atom. The molecule has 0 bridgehead atoms. The van der Waals surface area contributed by atoms with Crippen molar-refractivity contribution in [3.8, 4) is 0 Å². The highest BCUT2D eigenvalue weighted by Gasteiger charge is 2.13. The summed E-state index contributed by atoms with van der Waals surface area (Å²) < 4.78 is 1.79. The minimum absolute atomic E-state index is 0.236. The molecule has 1 aromatic rings. The van der Waals surface area contributed by atoms with Gasteiger partial charge in [0.1, 0.15) is 5.69 Å². The van der Waals surface area contributed by atoms with Crippen LogP contribution >= 0.6 is 0 Å². The molecule has 0 amide bonds. The number of rotatable bonds is 3. The number of hydrogen-bond acceptors (Lipinski definition) is 1. The van der Waals surface area contributed by atoms with Crippen molar-refractivity contribution in [1.29, 1.82) is 0 Å². The summed E-state index contributed by atoms with van der Waals surface area (Å²) in [4.78, 5) is 10.8. The highest BCUT2D eigenvalue weighted by atomic mass is 16.4. The average Bonchev–Trinajstić information content (AvgIpc) is 2.46. The number of carbonyl (C=O) groups is 1. The average molecular weight is 195 g/mol. The topological polar surface area (TPSA) is 42.2 Å². The Hall–Kier alpha value is -1.25. The number of aromatic nitrogens is 1. The molecule has 0 aromatic carbocycles. The van der Waals surface area contributed by atoms with Crippen molar-refractivity contribution in [2.45, 2.75) is 33.7 Å². The van der Waals surface area contributed by atoms with Crippen molar-refractivity contribution in [2.24, 2.45) is 5.41 Å². The summed E-state index contributed by atoms with van der Waals surface area (Å²) in [5.41, 5.74) is 0.606. The summed E-state index contributed by atoms with van der Waals surface area (Å²) in [6.07, 6.45) is 2.79. The molecule has 0 aliphatic rings. The lowest BCUT2D eigenvalue weighted by molar-refractivity contribution is 0.0684. The molecule has 0 radical (unpaired) electrons. The standard InChI is InChI=1S/C11H17NO2/c1-11(2,3)6-8-12-7-4-5-9(12)10(13)14/h4-5,7H,6,8H2,1-3H3,(H,13,14). The monoisotopic (exact) mass is 195 g/mol. The highest BCUT2D eigenvalue weighted by molar-refractivity contribution is 5.85. The van der Waals surface area contributed by atoms with Crippen LogP contribution in [0.1, 0.15) is 37.7 Å². The molecule has 3 nitrogen and oxygen atoms in total. The number of carboxylic acid groups (broad SMARTS) is 1. The van der Waals surface area contributed by atoms with Gasteiger partial charge in [0.15, 0.2) is 0 Å². The van der Waals surface area contributed by atoms with Crippen LogP contribution in [0.3, 0.4) is 0 Å². The Bertz CT molecular complexity index is 320. The molecule has 0 atom stereocenters. The van der Waals surface area contributed by atoms with Crippen molar-refractivity contribution in [3.05, 3.63) is 24.0 Å². The van der Waals surface area contributed by atoms with Crippen molar-refractivity contribution >= 4 is 5.97 Å². The molecular formula is C11H17NO2. The second kappa shape index (κ2) is 3.86. The quantitative estimate of drug-likeness (QED) is 0.805. The second-order valence-electron chi connectivity index (χ2n) is 4.70. The Labute approximate surface area is 84.4 Å². The summed E-state index contributed by atoms with van der Waals surface area (Å²) in [6, 6.07) is 3.40. The van der Waals surface area contributed by atoms with E-state index >= 15 is 0 Å². The predicted octanol–water partition coefficient (Wildman–Crippen LogP) is 2.62. The molecule has 1 N–H and O–H groups in total.